The Balaban J connectivity index is -0.000000845. The van der Waals surface area contributed by atoms with Gasteiger partial charge in [0.2, 0.25) is 0 Å². The monoisotopic (exact) mass is 226 g/mol. The quantitative estimate of drug-likeness (QED) is 0.470. The first-order valence-electron chi connectivity index (χ1n) is 5.63. The average Bonchev–Trinajstić information content (AvgIpc) is 2.02. The van der Waals surface area contributed by atoms with Crippen LogP contribution in [0.4, 0.5) is 0 Å². The van der Waals surface area contributed by atoms with Gasteiger partial charge in [0.05, 0.1) is 0 Å². The van der Waals surface area contributed by atoms with Crippen LogP contribution in [0.5, 0.6) is 0 Å². The van der Waals surface area contributed by atoms with E-state index in [1.54, 1.807) is 0 Å². The van der Waals surface area contributed by atoms with Gasteiger partial charge in [-0.25, -0.2) is 0 Å². The van der Waals surface area contributed by atoms with Gasteiger partial charge in [-0.1, -0.05) is 73.8 Å². The summed E-state index contributed by atoms with van der Waals surface area (Å²) < 4.78 is 0. The minimum absolute atomic E-state index is 0. The molecule has 0 aliphatic heterocycles. The normalized spacial score (nSPS) is 10.4. The van der Waals surface area contributed by atoms with Crippen molar-refractivity contribution in [3.63, 3.8) is 0 Å². The molecule has 0 N–H and O–H groups in total. The first-order chi connectivity index (χ1) is 6.28. The van der Waals surface area contributed by atoms with Crippen LogP contribution >= 0.6 is 0 Å². The highest BCUT2D eigenvalue weighted by Crippen LogP contribution is 2.34. The van der Waals surface area contributed by atoms with Crippen LogP contribution in [-0.4, -0.2) is 0 Å². The number of allylic oxidation sites excluding steroid dienone is 2. The molecule has 98 valence electrons. The summed E-state index contributed by atoms with van der Waals surface area (Å²) in [6.07, 6.45) is 3.33. The summed E-state index contributed by atoms with van der Waals surface area (Å²) in [5.74, 6) is 0.601. The molecular weight excluding hydrogens is 192 g/mol. The van der Waals surface area contributed by atoms with Gasteiger partial charge in [0.15, 0.2) is 0 Å². The molecule has 0 saturated carbocycles. The van der Waals surface area contributed by atoms with Gasteiger partial charge < -0.3 is 0 Å². The summed E-state index contributed by atoms with van der Waals surface area (Å²) in [5, 5.41) is 0. The smallest absolute Gasteiger partial charge is 0.0263 e. The Hall–Kier alpha value is -0.520. The second kappa shape index (κ2) is 8.61. The van der Waals surface area contributed by atoms with E-state index >= 15 is 0 Å². The van der Waals surface area contributed by atoms with Crippen LogP contribution in [0.25, 0.3) is 0 Å². The lowest BCUT2D eigenvalue weighted by atomic mass is 9.78. The van der Waals surface area contributed by atoms with Crippen molar-refractivity contribution < 1.29 is 0 Å². The van der Waals surface area contributed by atoms with Gasteiger partial charge in [-0.2, -0.15) is 0 Å². The first-order valence-corrected chi connectivity index (χ1v) is 5.63. The van der Waals surface area contributed by atoms with Gasteiger partial charge in [0, 0.05) is 0 Å². The van der Waals surface area contributed by atoms with Crippen molar-refractivity contribution in [3.05, 3.63) is 24.3 Å². The summed E-state index contributed by atoms with van der Waals surface area (Å²) >= 11 is 0. The van der Waals surface area contributed by atoms with Crippen molar-refractivity contribution in [2.45, 2.75) is 68.7 Å². The molecule has 0 heterocycles. The highest BCUT2D eigenvalue weighted by atomic mass is 14.3. The standard InChI is InChI=1S/C14H26.2CH4/c1-8-12(4)9-14(6,7)10-13(5)11(2)3;;/h11H,4-5,8-10H2,1-3,6-7H3;2*1H4. The van der Waals surface area contributed by atoms with E-state index in [2.05, 4.69) is 47.8 Å². The van der Waals surface area contributed by atoms with E-state index in [9.17, 15) is 0 Å². The van der Waals surface area contributed by atoms with Crippen LogP contribution in [-0.2, 0) is 0 Å². The Labute approximate surface area is 105 Å². The minimum Gasteiger partial charge on any atom is -0.0999 e. The fourth-order valence-corrected chi connectivity index (χ4v) is 1.68. The molecule has 0 aliphatic rings. The van der Waals surface area contributed by atoms with E-state index in [0.717, 1.165) is 19.3 Å². The maximum atomic E-state index is 4.14. The molecule has 0 amide bonds. The van der Waals surface area contributed by atoms with Gasteiger partial charge in [-0.3, -0.25) is 0 Å². The summed E-state index contributed by atoms with van der Waals surface area (Å²) in [6, 6.07) is 0. The zero-order chi connectivity index (χ0) is 11.4. The van der Waals surface area contributed by atoms with Crippen LogP contribution in [0, 0.1) is 11.3 Å². The van der Waals surface area contributed by atoms with Gasteiger partial charge in [-0.05, 0) is 30.6 Å². The van der Waals surface area contributed by atoms with Crippen molar-refractivity contribution in [3.8, 4) is 0 Å². The number of rotatable bonds is 6. The molecule has 0 aliphatic carbocycles. The minimum atomic E-state index is 0. The number of hydrogen-bond donors (Lipinski definition) is 0. The Kier molecular flexibility index (Phi) is 11.2. The van der Waals surface area contributed by atoms with Crippen LogP contribution < -0.4 is 0 Å². The van der Waals surface area contributed by atoms with E-state index in [-0.39, 0.29) is 14.9 Å². The average molecular weight is 226 g/mol. The predicted molar refractivity (Wildman–Crippen MR) is 79.9 cm³/mol. The number of hydrogen-bond acceptors (Lipinski definition) is 0. The van der Waals surface area contributed by atoms with E-state index in [0.29, 0.717) is 11.3 Å². The molecule has 16 heavy (non-hydrogen) atoms. The van der Waals surface area contributed by atoms with Gasteiger partial charge in [0.1, 0.15) is 0 Å². The van der Waals surface area contributed by atoms with Crippen LogP contribution in [0.1, 0.15) is 68.7 Å². The van der Waals surface area contributed by atoms with Gasteiger partial charge in [0.25, 0.3) is 0 Å². The molecule has 0 bridgehead atoms. The Bertz CT molecular complexity index is 206. The second-order valence-electron chi connectivity index (χ2n) is 5.43. The molecule has 0 unspecified atom stereocenters. The molecule has 0 aromatic rings. The molecule has 0 fully saturated rings. The lowest BCUT2D eigenvalue weighted by Gasteiger charge is -2.27. The Morgan fingerprint density at radius 2 is 1.50 bits per heavy atom. The molecular formula is C16H34. The van der Waals surface area contributed by atoms with E-state index in [1.807, 2.05) is 0 Å². The van der Waals surface area contributed by atoms with Crippen molar-refractivity contribution in [2.75, 3.05) is 0 Å². The maximum Gasteiger partial charge on any atom is -0.0263 e. The van der Waals surface area contributed by atoms with Crippen molar-refractivity contribution >= 4 is 0 Å². The van der Waals surface area contributed by atoms with Crippen LogP contribution in [0.3, 0.4) is 0 Å². The molecule has 0 aromatic heterocycles. The Morgan fingerprint density at radius 3 is 1.81 bits per heavy atom. The summed E-state index contributed by atoms with van der Waals surface area (Å²) in [6.45, 7) is 19.4. The lowest BCUT2D eigenvalue weighted by molar-refractivity contribution is 0.345. The van der Waals surface area contributed by atoms with Crippen molar-refractivity contribution in [1.82, 2.24) is 0 Å². The lowest BCUT2D eigenvalue weighted by Crippen LogP contribution is -2.14. The zero-order valence-corrected chi connectivity index (χ0v) is 10.6. The van der Waals surface area contributed by atoms with E-state index in [1.165, 1.54) is 11.1 Å². The SMILES string of the molecule is C.C.C=C(CC)CC(C)(C)CC(=C)C(C)C. The largest absolute Gasteiger partial charge is 0.0999 e. The van der Waals surface area contributed by atoms with Crippen molar-refractivity contribution in [1.29, 1.82) is 0 Å². The van der Waals surface area contributed by atoms with Gasteiger partial charge in [-0.15, -0.1) is 0 Å². The van der Waals surface area contributed by atoms with Crippen LogP contribution in [0.15, 0.2) is 24.3 Å². The highest BCUT2D eigenvalue weighted by Gasteiger charge is 2.20. The first kappa shape index (κ1) is 20.8. The van der Waals surface area contributed by atoms with Crippen molar-refractivity contribution in [2.24, 2.45) is 11.3 Å². The third-order valence-electron chi connectivity index (χ3n) is 2.75. The molecule has 0 spiro atoms. The topological polar surface area (TPSA) is 0 Å². The molecule has 0 nitrogen and oxygen atoms in total. The molecule has 0 aromatic carbocycles. The molecule has 0 heteroatoms. The third-order valence-corrected chi connectivity index (χ3v) is 2.75. The van der Waals surface area contributed by atoms with Crippen LogP contribution in [0.2, 0.25) is 0 Å². The summed E-state index contributed by atoms with van der Waals surface area (Å²) in [7, 11) is 0. The fourth-order valence-electron chi connectivity index (χ4n) is 1.68. The summed E-state index contributed by atoms with van der Waals surface area (Å²) in [4.78, 5) is 0. The maximum absolute atomic E-state index is 4.14. The molecule has 0 rings (SSSR count). The van der Waals surface area contributed by atoms with E-state index in [4.69, 9.17) is 0 Å². The predicted octanol–water partition coefficient (Wildman–Crippen LogP) is 6.24. The summed E-state index contributed by atoms with van der Waals surface area (Å²) in [5.41, 5.74) is 3.04. The Morgan fingerprint density at radius 1 is 1.06 bits per heavy atom. The van der Waals surface area contributed by atoms with E-state index < -0.39 is 0 Å². The fraction of sp³-hybridized carbons (Fsp3) is 0.750. The molecule has 0 atom stereocenters. The van der Waals surface area contributed by atoms with Gasteiger partial charge >= 0.3 is 0 Å². The second-order valence-corrected chi connectivity index (χ2v) is 5.43. The molecule has 0 saturated heterocycles. The highest BCUT2D eigenvalue weighted by molar-refractivity contribution is 5.05. The molecule has 0 radical (unpaired) electrons. The third kappa shape index (κ3) is 8.76. The zero-order valence-electron chi connectivity index (χ0n) is 10.6.